The molecule has 0 spiro atoms. The molecule has 0 aromatic rings. The Bertz CT molecular complexity index is 208. The van der Waals surface area contributed by atoms with E-state index in [4.69, 9.17) is 0 Å². The molecule has 4 heteroatoms. The van der Waals surface area contributed by atoms with Gasteiger partial charge < -0.3 is 15.3 Å². The van der Waals surface area contributed by atoms with Gasteiger partial charge in [-0.1, -0.05) is 0 Å². The van der Waals surface area contributed by atoms with Crippen molar-refractivity contribution < 1.29 is 9.90 Å². The third-order valence-electron chi connectivity index (χ3n) is 2.92. The average molecular weight is 184 g/mol. The van der Waals surface area contributed by atoms with Gasteiger partial charge in [-0.2, -0.15) is 0 Å². The first kappa shape index (κ1) is 8.97. The molecule has 2 atom stereocenters. The van der Waals surface area contributed by atoms with Crippen LogP contribution < -0.4 is 5.32 Å². The molecule has 2 rings (SSSR count). The Hall–Kier alpha value is -0.610. The van der Waals surface area contributed by atoms with E-state index in [9.17, 15) is 9.90 Å². The molecule has 2 heterocycles. The van der Waals surface area contributed by atoms with Gasteiger partial charge in [-0.15, -0.1) is 0 Å². The van der Waals surface area contributed by atoms with Gasteiger partial charge in [0.25, 0.3) is 0 Å². The summed E-state index contributed by atoms with van der Waals surface area (Å²) in [5.41, 5.74) is 0. The number of piperidine rings is 1. The molecule has 2 saturated heterocycles. The van der Waals surface area contributed by atoms with Crippen molar-refractivity contribution in [2.45, 2.75) is 31.4 Å². The molecule has 2 N–H and O–H groups in total. The van der Waals surface area contributed by atoms with Crippen LogP contribution in [-0.4, -0.2) is 47.7 Å². The first-order chi connectivity index (χ1) is 6.29. The average Bonchev–Trinajstić information content (AvgIpc) is 2.52. The lowest BCUT2D eigenvalue weighted by Crippen LogP contribution is -2.53. The quantitative estimate of drug-likeness (QED) is 0.568. The number of hydrogen-bond acceptors (Lipinski definition) is 3. The Balaban J connectivity index is 2.01. The van der Waals surface area contributed by atoms with Crippen molar-refractivity contribution in [3.8, 4) is 0 Å². The number of β-amino-alcohol motifs (C(OH)–C–C–N with tert-alkyl or cyclic N) is 1. The minimum atomic E-state index is -0.379. The van der Waals surface area contributed by atoms with Gasteiger partial charge >= 0.3 is 0 Å². The summed E-state index contributed by atoms with van der Waals surface area (Å²) in [4.78, 5) is 13.3. The van der Waals surface area contributed by atoms with E-state index >= 15 is 0 Å². The molecule has 2 aliphatic heterocycles. The van der Waals surface area contributed by atoms with E-state index < -0.39 is 0 Å². The van der Waals surface area contributed by atoms with Crippen LogP contribution in [0.4, 0.5) is 0 Å². The van der Waals surface area contributed by atoms with Crippen LogP contribution >= 0.6 is 0 Å². The van der Waals surface area contributed by atoms with Gasteiger partial charge in [-0.25, -0.2) is 0 Å². The normalized spacial score (nSPS) is 35.5. The number of amides is 1. The van der Waals surface area contributed by atoms with Gasteiger partial charge in [0.05, 0.1) is 12.1 Å². The van der Waals surface area contributed by atoms with Crippen molar-refractivity contribution in [2.24, 2.45) is 0 Å². The second-order valence-electron chi connectivity index (χ2n) is 3.82. The van der Waals surface area contributed by atoms with Crippen molar-refractivity contribution in [2.75, 3.05) is 19.6 Å². The lowest BCUT2D eigenvalue weighted by atomic mass is 10.0. The molecule has 0 bridgehead atoms. The number of aliphatic hydroxyl groups excluding tert-OH is 1. The second kappa shape index (κ2) is 3.64. The van der Waals surface area contributed by atoms with Crippen LogP contribution in [0, 0.1) is 0 Å². The molecule has 2 aliphatic rings. The SMILES string of the molecule is O=C1CCCN1[C@H]1CCNC[C@@H]1O. The van der Waals surface area contributed by atoms with E-state index in [1.807, 2.05) is 4.90 Å². The first-order valence-electron chi connectivity index (χ1n) is 4.97. The largest absolute Gasteiger partial charge is 0.390 e. The highest BCUT2D eigenvalue weighted by atomic mass is 16.3. The van der Waals surface area contributed by atoms with E-state index in [0.717, 1.165) is 25.9 Å². The third-order valence-corrected chi connectivity index (χ3v) is 2.92. The number of hydrogen-bond donors (Lipinski definition) is 2. The lowest BCUT2D eigenvalue weighted by Gasteiger charge is -2.35. The van der Waals surface area contributed by atoms with Crippen LogP contribution in [0.5, 0.6) is 0 Å². The number of rotatable bonds is 1. The van der Waals surface area contributed by atoms with Gasteiger partial charge in [0, 0.05) is 19.5 Å². The highest BCUT2D eigenvalue weighted by Crippen LogP contribution is 2.19. The van der Waals surface area contributed by atoms with Crippen molar-refractivity contribution in [3.05, 3.63) is 0 Å². The van der Waals surface area contributed by atoms with Crippen LogP contribution in [-0.2, 0) is 4.79 Å². The predicted octanol–water partition coefficient (Wildman–Crippen LogP) is -0.668. The molecule has 4 nitrogen and oxygen atoms in total. The van der Waals surface area contributed by atoms with E-state index in [2.05, 4.69) is 5.32 Å². The van der Waals surface area contributed by atoms with Crippen LogP contribution in [0.25, 0.3) is 0 Å². The molecule has 13 heavy (non-hydrogen) atoms. The molecule has 2 fully saturated rings. The summed E-state index contributed by atoms with van der Waals surface area (Å²) >= 11 is 0. The molecule has 1 amide bonds. The topological polar surface area (TPSA) is 52.6 Å². The van der Waals surface area contributed by atoms with E-state index in [-0.39, 0.29) is 18.1 Å². The Morgan fingerprint density at radius 3 is 3.00 bits per heavy atom. The number of nitrogens with zero attached hydrogens (tertiary/aromatic N) is 1. The number of carbonyl (C=O) groups excluding carboxylic acids is 1. The molecule has 0 saturated carbocycles. The fourth-order valence-corrected chi connectivity index (χ4v) is 2.21. The van der Waals surface area contributed by atoms with Crippen molar-refractivity contribution >= 4 is 5.91 Å². The van der Waals surface area contributed by atoms with Crippen molar-refractivity contribution in [1.29, 1.82) is 0 Å². The summed E-state index contributed by atoms with van der Waals surface area (Å²) in [6.45, 7) is 2.36. The predicted molar refractivity (Wildman–Crippen MR) is 48.2 cm³/mol. The van der Waals surface area contributed by atoms with Gasteiger partial charge in [0.2, 0.25) is 5.91 Å². The Kier molecular flexibility index (Phi) is 2.51. The van der Waals surface area contributed by atoms with Gasteiger partial charge in [0.15, 0.2) is 0 Å². The summed E-state index contributed by atoms with van der Waals surface area (Å²) in [5.74, 6) is 0.214. The zero-order valence-corrected chi connectivity index (χ0v) is 7.70. The fraction of sp³-hybridized carbons (Fsp3) is 0.889. The maximum atomic E-state index is 11.4. The summed E-state index contributed by atoms with van der Waals surface area (Å²) in [7, 11) is 0. The van der Waals surface area contributed by atoms with Crippen LogP contribution in [0.1, 0.15) is 19.3 Å². The fourth-order valence-electron chi connectivity index (χ4n) is 2.21. The summed E-state index contributed by atoms with van der Waals surface area (Å²) in [5, 5.41) is 12.8. The van der Waals surface area contributed by atoms with E-state index in [1.165, 1.54) is 0 Å². The number of aliphatic hydroxyl groups is 1. The molecular formula is C9H16N2O2. The smallest absolute Gasteiger partial charge is 0.222 e. The Morgan fingerprint density at radius 1 is 1.54 bits per heavy atom. The molecule has 0 unspecified atom stereocenters. The number of likely N-dealkylation sites (tertiary alicyclic amines) is 1. The highest BCUT2D eigenvalue weighted by Gasteiger charge is 2.33. The third kappa shape index (κ3) is 1.69. The molecule has 0 radical (unpaired) electrons. The maximum Gasteiger partial charge on any atom is 0.222 e. The minimum absolute atomic E-state index is 0.0660. The zero-order chi connectivity index (χ0) is 9.26. The number of nitrogens with one attached hydrogen (secondary N) is 1. The lowest BCUT2D eigenvalue weighted by molar-refractivity contribution is -0.132. The van der Waals surface area contributed by atoms with Crippen molar-refractivity contribution in [3.63, 3.8) is 0 Å². The summed E-state index contributed by atoms with van der Waals surface area (Å²) in [6, 6.07) is 0.0660. The van der Waals surface area contributed by atoms with Crippen molar-refractivity contribution in [1.82, 2.24) is 10.2 Å². The van der Waals surface area contributed by atoms with Gasteiger partial charge in [-0.3, -0.25) is 4.79 Å². The molecule has 0 aromatic carbocycles. The monoisotopic (exact) mass is 184 g/mol. The van der Waals surface area contributed by atoms with E-state index in [1.54, 1.807) is 0 Å². The zero-order valence-electron chi connectivity index (χ0n) is 7.70. The Labute approximate surface area is 77.9 Å². The van der Waals surface area contributed by atoms with Crippen LogP contribution in [0.2, 0.25) is 0 Å². The minimum Gasteiger partial charge on any atom is -0.390 e. The molecule has 0 aromatic heterocycles. The second-order valence-corrected chi connectivity index (χ2v) is 3.82. The molecule has 74 valence electrons. The highest BCUT2D eigenvalue weighted by molar-refractivity contribution is 5.78. The molecule has 0 aliphatic carbocycles. The Morgan fingerprint density at radius 2 is 2.38 bits per heavy atom. The maximum absolute atomic E-state index is 11.4. The first-order valence-corrected chi connectivity index (χ1v) is 4.97. The number of carbonyl (C=O) groups is 1. The van der Waals surface area contributed by atoms with E-state index in [0.29, 0.717) is 13.0 Å². The van der Waals surface area contributed by atoms with Gasteiger partial charge in [-0.05, 0) is 19.4 Å². The standard InChI is InChI=1S/C9H16N2O2/c12-8-6-10-4-3-7(8)11-5-1-2-9(11)13/h7-8,10,12H,1-6H2/t7-,8-/m0/s1. The van der Waals surface area contributed by atoms with Crippen LogP contribution in [0.3, 0.4) is 0 Å². The molecular weight excluding hydrogens is 168 g/mol. The summed E-state index contributed by atoms with van der Waals surface area (Å²) in [6.07, 6.45) is 2.12. The summed E-state index contributed by atoms with van der Waals surface area (Å²) < 4.78 is 0. The van der Waals surface area contributed by atoms with Gasteiger partial charge in [0.1, 0.15) is 0 Å². The van der Waals surface area contributed by atoms with Crippen LogP contribution in [0.15, 0.2) is 0 Å².